The van der Waals surface area contributed by atoms with E-state index in [1.165, 1.54) is 13.0 Å². The Morgan fingerprint density at radius 1 is 1.43 bits per heavy atom. The molecule has 1 atom stereocenters. The van der Waals surface area contributed by atoms with Crippen LogP contribution in [0.1, 0.15) is 17.4 Å². The molecular weight excluding hydrogens is 219 g/mol. The quantitative estimate of drug-likeness (QED) is 0.746. The van der Waals surface area contributed by atoms with Crippen molar-refractivity contribution in [1.29, 1.82) is 0 Å². The number of hydrogen-bond donors (Lipinski definition) is 1. The van der Waals surface area contributed by atoms with Gasteiger partial charge in [0.2, 0.25) is 0 Å². The Hall–Kier alpha value is -0.810. The van der Waals surface area contributed by atoms with E-state index < -0.39 is 12.3 Å². The van der Waals surface area contributed by atoms with Gasteiger partial charge in [0, 0.05) is 11.3 Å². The number of pyridine rings is 1. The van der Waals surface area contributed by atoms with Crippen LogP contribution in [0.5, 0.6) is 0 Å². The summed E-state index contributed by atoms with van der Waals surface area (Å²) in [6.45, 7) is 1.36. The lowest BCUT2D eigenvalue weighted by molar-refractivity contribution is -0.207. The zero-order chi connectivity index (χ0) is 10.9. The fourth-order valence-corrected chi connectivity index (χ4v) is 1.20. The smallest absolute Gasteiger partial charge is 0.379 e. The van der Waals surface area contributed by atoms with Gasteiger partial charge in [-0.25, -0.2) is 4.98 Å². The first-order valence-corrected chi connectivity index (χ1v) is 4.08. The molecule has 0 aliphatic heterocycles. The first kappa shape index (κ1) is 11.3. The number of nitrogens with zero attached hydrogens (tertiary/aromatic N) is 1. The molecule has 1 N–H and O–H groups in total. The van der Waals surface area contributed by atoms with Crippen molar-refractivity contribution in [3.05, 3.63) is 28.5 Å². The normalized spacial score (nSPS) is 14.1. The number of aliphatic hydroxyl groups is 1. The van der Waals surface area contributed by atoms with Crippen LogP contribution in [0.25, 0.3) is 0 Å². The van der Waals surface area contributed by atoms with E-state index in [0.717, 1.165) is 6.07 Å². The van der Waals surface area contributed by atoms with E-state index >= 15 is 0 Å². The molecule has 0 bridgehead atoms. The highest BCUT2D eigenvalue weighted by Gasteiger charge is 2.40. The molecule has 0 aromatic carbocycles. The van der Waals surface area contributed by atoms with Gasteiger partial charge in [-0.2, -0.15) is 13.2 Å². The van der Waals surface area contributed by atoms with E-state index in [-0.39, 0.29) is 16.4 Å². The maximum atomic E-state index is 12.1. The molecule has 0 amide bonds. The molecule has 14 heavy (non-hydrogen) atoms. The van der Waals surface area contributed by atoms with Gasteiger partial charge in [-0.1, -0.05) is 17.7 Å². The molecule has 0 saturated heterocycles. The lowest BCUT2D eigenvalue weighted by atomic mass is 10.1. The molecule has 1 rings (SSSR count). The second-order valence-electron chi connectivity index (χ2n) is 2.75. The van der Waals surface area contributed by atoms with Gasteiger partial charge in [0.25, 0.3) is 0 Å². The third-order valence-corrected chi connectivity index (χ3v) is 1.91. The van der Waals surface area contributed by atoms with Crippen molar-refractivity contribution >= 4 is 11.6 Å². The maximum absolute atomic E-state index is 12.1. The van der Waals surface area contributed by atoms with Crippen LogP contribution >= 0.6 is 11.6 Å². The van der Waals surface area contributed by atoms with Gasteiger partial charge in [-0.3, -0.25) is 0 Å². The molecule has 0 aliphatic carbocycles. The zero-order valence-corrected chi connectivity index (χ0v) is 7.89. The Morgan fingerprint density at radius 2 is 2.00 bits per heavy atom. The second kappa shape index (κ2) is 3.74. The average Bonchev–Trinajstić information content (AvgIpc) is 2.01. The van der Waals surface area contributed by atoms with E-state index in [4.69, 9.17) is 16.7 Å². The number of halogens is 4. The number of hydrogen-bond acceptors (Lipinski definition) is 2. The summed E-state index contributed by atoms with van der Waals surface area (Å²) in [7, 11) is 0. The second-order valence-corrected chi connectivity index (χ2v) is 3.14. The van der Waals surface area contributed by atoms with Crippen molar-refractivity contribution in [3.8, 4) is 0 Å². The molecule has 1 aromatic rings. The van der Waals surface area contributed by atoms with E-state index in [0.29, 0.717) is 0 Å². The molecule has 0 radical (unpaired) electrons. The standard InChI is InChI=1S/C8H7ClF3NO/c1-4-5(2-3-6(9)13-4)7(14)8(10,11)12/h2-3,7,14H,1H3. The zero-order valence-electron chi connectivity index (χ0n) is 7.14. The Labute approximate surface area is 83.3 Å². The number of aliphatic hydroxyl groups excluding tert-OH is 1. The Bertz CT molecular complexity index is 340. The molecule has 1 aromatic heterocycles. The number of aromatic nitrogens is 1. The topological polar surface area (TPSA) is 33.1 Å². The van der Waals surface area contributed by atoms with Crippen molar-refractivity contribution in [1.82, 2.24) is 4.98 Å². The summed E-state index contributed by atoms with van der Waals surface area (Å²) in [4.78, 5) is 3.61. The fraction of sp³-hybridized carbons (Fsp3) is 0.375. The minimum atomic E-state index is -4.68. The molecule has 0 spiro atoms. The monoisotopic (exact) mass is 225 g/mol. The van der Waals surface area contributed by atoms with Crippen LogP contribution in [0, 0.1) is 6.92 Å². The summed E-state index contributed by atoms with van der Waals surface area (Å²) in [6, 6.07) is 2.32. The molecule has 6 heteroatoms. The van der Waals surface area contributed by atoms with Crippen molar-refractivity contribution in [2.75, 3.05) is 0 Å². The summed E-state index contributed by atoms with van der Waals surface area (Å²) in [5, 5.41) is 9.02. The van der Waals surface area contributed by atoms with Gasteiger partial charge in [0.15, 0.2) is 6.10 Å². The van der Waals surface area contributed by atoms with Gasteiger partial charge in [-0.05, 0) is 13.0 Å². The Kier molecular flexibility index (Phi) is 3.01. The van der Waals surface area contributed by atoms with Crippen molar-refractivity contribution in [2.45, 2.75) is 19.2 Å². The summed E-state index contributed by atoms with van der Waals surface area (Å²) >= 11 is 5.46. The number of aryl methyl sites for hydroxylation is 1. The first-order chi connectivity index (χ1) is 6.32. The van der Waals surface area contributed by atoms with Crippen LogP contribution in [0.2, 0.25) is 5.15 Å². The SMILES string of the molecule is Cc1nc(Cl)ccc1C(O)C(F)(F)F. The van der Waals surface area contributed by atoms with Crippen LogP contribution in [-0.2, 0) is 0 Å². The first-order valence-electron chi connectivity index (χ1n) is 3.70. The highest BCUT2D eigenvalue weighted by molar-refractivity contribution is 6.29. The Morgan fingerprint density at radius 3 is 2.43 bits per heavy atom. The number of rotatable bonds is 1. The Balaban J connectivity index is 3.08. The van der Waals surface area contributed by atoms with Gasteiger partial charge in [-0.15, -0.1) is 0 Å². The molecule has 1 heterocycles. The minimum Gasteiger partial charge on any atom is -0.379 e. The molecule has 78 valence electrons. The lowest BCUT2D eigenvalue weighted by Gasteiger charge is -2.16. The van der Waals surface area contributed by atoms with E-state index in [1.54, 1.807) is 0 Å². The van der Waals surface area contributed by atoms with Crippen molar-refractivity contribution in [2.24, 2.45) is 0 Å². The summed E-state index contributed by atoms with van der Waals surface area (Å²) in [5.41, 5.74) is -0.204. The van der Waals surface area contributed by atoms with Crippen LogP contribution < -0.4 is 0 Å². The third kappa shape index (κ3) is 2.36. The molecule has 2 nitrogen and oxygen atoms in total. The maximum Gasteiger partial charge on any atom is 0.418 e. The minimum absolute atomic E-state index is 0.0716. The van der Waals surface area contributed by atoms with Crippen LogP contribution in [-0.4, -0.2) is 16.3 Å². The van der Waals surface area contributed by atoms with Gasteiger partial charge in [0.1, 0.15) is 5.15 Å². The van der Waals surface area contributed by atoms with Crippen LogP contribution in [0.4, 0.5) is 13.2 Å². The predicted molar refractivity (Wildman–Crippen MR) is 45.0 cm³/mol. The molecule has 0 aliphatic rings. The average molecular weight is 226 g/mol. The van der Waals surface area contributed by atoms with Crippen LogP contribution in [0.3, 0.4) is 0 Å². The highest BCUT2D eigenvalue weighted by Crippen LogP contribution is 2.33. The molecule has 0 fully saturated rings. The van der Waals surface area contributed by atoms with Gasteiger partial charge < -0.3 is 5.11 Å². The molecule has 0 saturated carbocycles. The van der Waals surface area contributed by atoms with E-state index in [1.807, 2.05) is 0 Å². The van der Waals surface area contributed by atoms with Crippen molar-refractivity contribution < 1.29 is 18.3 Å². The summed E-state index contributed by atoms with van der Waals surface area (Å²) in [6.07, 6.45) is -7.19. The van der Waals surface area contributed by atoms with Gasteiger partial charge in [0.05, 0.1) is 0 Å². The predicted octanol–water partition coefficient (Wildman–Crippen LogP) is 2.64. The largest absolute Gasteiger partial charge is 0.418 e. The van der Waals surface area contributed by atoms with Gasteiger partial charge >= 0.3 is 6.18 Å². The summed E-state index contributed by atoms with van der Waals surface area (Å²) < 4.78 is 36.3. The highest BCUT2D eigenvalue weighted by atomic mass is 35.5. The summed E-state index contributed by atoms with van der Waals surface area (Å²) in [5.74, 6) is 0. The van der Waals surface area contributed by atoms with Crippen molar-refractivity contribution in [3.63, 3.8) is 0 Å². The number of alkyl halides is 3. The van der Waals surface area contributed by atoms with Crippen LogP contribution in [0.15, 0.2) is 12.1 Å². The lowest BCUT2D eigenvalue weighted by Crippen LogP contribution is -2.21. The molecule has 1 unspecified atom stereocenters. The van der Waals surface area contributed by atoms with E-state index in [9.17, 15) is 13.2 Å². The van der Waals surface area contributed by atoms with E-state index in [2.05, 4.69) is 4.98 Å². The molecular formula is C8H7ClF3NO. The third-order valence-electron chi connectivity index (χ3n) is 1.70. The fourth-order valence-electron chi connectivity index (χ4n) is 1.01.